The van der Waals surface area contributed by atoms with Crippen molar-refractivity contribution >= 4 is 33.7 Å². The van der Waals surface area contributed by atoms with Gasteiger partial charge in [0.05, 0.1) is 9.90 Å². The van der Waals surface area contributed by atoms with Crippen LogP contribution in [0.5, 0.6) is 0 Å². The highest BCUT2D eigenvalue weighted by molar-refractivity contribution is 7.20. The number of halogens is 1. The van der Waals surface area contributed by atoms with E-state index < -0.39 is 0 Å². The summed E-state index contributed by atoms with van der Waals surface area (Å²) in [7, 11) is 0. The van der Waals surface area contributed by atoms with E-state index in [4.69, 9.17) is 11.6 Å². The highest BCUT2D eigenvalue weighted by Gasteiger charge is 2.19. The zero-order chi connectivity index (χ0) is 10.8. The van der Waals surface area contributed by atoms with Crippen LogP contribution in [-0.4, -0.2) is 18.9 Å². The van der Waals surface area contributed by atoms with Gasteiger partial charge in [0.25, 0.3) is 0 Å². The molecule has 0 amide bonds. The number of hydrogen-bond acceptors (Lipinski definition) is 3. The summed E-state index contributed by atoms with van der Waals surface area (Å²) in [5.41, 5.74) is 0.784. The number of nitrogens with zero attached hydrogens (tertiary/aromatic N) is 1. The molecule has 0 aliphatic carbocycles. The fraction of sp³-hybridized carbons (Fsp3) is 0.545. The molecule has 0 saturated carbocycles. The molecule has 0 spiro atoms. The van der Waals surface area contributed by atoms with Crippen LogP contribution in [0.2, 0.25) is 4.34 Å². The number of carbonyl (C=O) groups excluding carboxylic acids is 1. The van der Waals surface area contributed by atoms with Gasteiger partial charge in [-0.3, -0.25) is 4.79 Å². The zero-order valence-corrected chi connectivity index (χ0v) is 10.3. The molecule has 2 heterocycles. The summed E-state index contributed by atoms with van der Waals surface area (Å²) < 4.78 is 0.709. The summed E-state index contributed by atoms with van der Waals surface area (Å²) >= 11 is 7.49. The van der Waals surface area contributed by atoms with Gasteiger partial charge >= 0.3 is 0 Å². The average molecular weight is 244 g/mol. The predicted octanol–water partition coefficient (Wildman–Crippen LogP) is 3.59. The van der Waals surface area contributed by atoms with Gasteiger partial charge in [0, 0.05) is 13.1 Å². The van der Waals surface area contributed by atoms with Crippen molar-refractivity contribution in [1.82, 2.24) is 0 Å². The van der Waals surface area contributed by atoms with E-state index in [1.807, 2.05) is 0 Å². The fourth-order valence-electron chi connectivity index (χ4n) is 1.94. The topological polar surface area (TPSA) is 20.3 Å². The van der Waals surface area contributed by atoms with E-state index in [1.54, 1.807) is 13.0 Å². The molecule has 1 saturated heterocycles. The summed E-state index contributed by atoms with van der Waals surface area (Å²) in [5.74, 6) is 0.110. The van der Waals surface area contributed by atoms with E-state index in [2.05, 4.69) is 4.90 Å². The highest BCUT2D eigenvalue weighted by atomic mass is 35.5. The van der Waals surface area contributed by atoms with Crippen LogP contribution in [0, 0.1) is 0 Å². The zero-order valence-electron chi connectivity index (χ0n) is 8.75. The number of hydrogen-bond donors (Lipinski definition) is 0. The highest BCUT2D eigenvalue weighted by Crippen LogP contribution is 2.36. The van der Waals surface area contributed by atoms with Crippen molar-refractivity contribution in [1.29, 1.82) is 0 Å². The molecule has 1 aromatic heterocycles. The minimum atomic E-state index is 0.110. The van der Waals surface area contributed by atoms with Gasteiger partial charge in [0.2, 0.25) is 0 Å². The molecule has 1 aliphatic heterocycles. The third-order valence-corrected chi connectivity index (χ3v) is 4.03. The minimum absolute atomic E-state index is 0.110. The first-order valence-electron chi connectivity index (χ1n) is 5.23. The molecule has 15 heavy (non-hydrogen) atoms. The van der Waals surface area contributed by atoms with Crippen molar-refractivity contribution in [3.8, 4) is 0 Å². The molecule has 0 aromatic carbocycles. The van der Waals surface area contributed by atoms with Gasteiger partial charge < -0.3 is 4.90 Å². The first-order chi connectivity index (χ1) is 7.18. The fourth-order valence-corrected chi connectivity index (χ4v) is 3.25. The van der Waals surface area contributed by atoms with Crippen molar-refractivity contribution in [2.75, 3.05) is 18.0 Å². The lowest BCUT2D eigenvalue weighted by Gasteiger charge is -2.28. The number of rotatable bonds is 2. The number of piperidine rings is 1. The Morgan fingerprint density at radius 1 is 1.40 bits per heavy atom. The Hall–Kier alpha value is -0.540. The molecule has 0 N–H and O–H groups in total. The van der Waals surface area contributed by atoms with Gasteiger partial charge in [-0.25, -0.2) is 0 Å². The van der Waals surface area contributed by atoms with Crippen molar-refractivity contribution < 1.29 is 4.79 Å². The molecule has 0 unspecified atom stereocenters. The maximum absolute atomic E-state index is 11.4. The van der Waals surface area contributed by atoms with Crippen LogP contribution in [-0.2, 0) is 0 Å². The lowest BCUT2D eigenvalue weighted by atomic mass is 10.1. The van der Waals surface area contributed by atoms with Gasteiger partial charge in [0.15, 0.2) is 5.78 Å². The Morgan fingerprint density at radius 3 is 2.67 bits per heavy atom. The van der Waals surface area contributed by atoms with Gasteiger partial charge in [-0.15, -0.1) is 11.3 Å². The van der Waals surface area contributed by atoms with E-state index in [9.17, 15) is 4.79 Å². The number of anilines is 1. The van der Waals surface area contributed by atoms with Crippen LogP contribution in [0.25, 0.3) is 0 Å². The number of ketones is 1. The van der Waals surface area contributed by atoms with Gasteiger partial charge in [-0.2, -0.15) is 0 Å². The summed E-state index contributed by atoms with van der Waals surface area (Å²) in [5, 5.41) is 1.06. The molecule has 0 atom stereocenters. The molecule has 2 rings (SSSR count). The molecule has 0 radical (unpaired) electrons. The van der Waals surface area contributed by atoms with E-state index in [1.165, 1.54) is 30.6 Å². The largest absolute Gasteiger partial charge is 0.363 e. The quantitative estimate of drug-likeness (QED) is 0.740. The summed E-state index contributed by atoms with van der Waals surface area (Å²) in [6.45, 7) is 3.71. The van der Waals surface area contributed by atoms with Crippen molar-refractivity contribution in [2.45, 2.75) is 26.2 Å². The Morgan fingerprint density at radius 2 is 2.07 bits per heavy atom. The van der Waals surface area contributed by atoms with Crippen LogP contribution in [0.3, 0.4) is 0 Å². The molecular formula is C11H14ClNOS. The first kappa shape index (κ1) is 11.0. The van der Waals surface area contributed by atoms with Crippen molar-refractivity contribution in [3.63, 3.8) is 0 Å². The number of carbonyl (C=O) groups is 1. The van der Waals surface area contributed by atoms with Crippen LogP contribution in [0.4, 0.5) is 5.00 Å². The third kappa shape index (κ3) is 2.34. The second-order valence-electron chi connectivity index (χ2n) is 3.87. The summed E-state index contributed by atoms with van der Waals surface area (Å²) in [6.07, 6.45) is 3.73. The van der Waals surface area contributed by atoms with Gasteiger partial charge in [0.1, 0.15) is 5.00 Å². The molecule has 1 fully saturated rings. The first-order valence-corrected chi connectivity index (χ1v) is 6.43. The lowest BCUT2D eigenvalue weighted by Crippen LogP contribution is -2.29. The van der Waals surface area contributed by atoms with Crippen molar-refractivity contribution in [2.24, 2.45) is 0 Å². The van der Waals surface area contributed by atoms with Crippen LogP contribution < -0.4 is 4.90 Å². The Bertz CT molecular complexity index is 369. The number of Topliss-reactive ketones (excluding diaryl/α,β-unsaturated/α-hetero) is 1. The van der Waals surface area contributed by atoms with Crippen LogP contribution in [0.1, 0.15) is 36.5 Å². The van der Waals surface area contributed by atoms with E-state index in [0.717, 1.165) is 23.7 Å². The SMILES string of the molecule is CC(=O)c1cc(Cl)sc1N1CCCCC1. The molecule has 2 nitrogen and oxygen atoms in total. The lowest BCUT2D eigenvalue weighted by molar-refractivity contribution is 0.101. The minimum Gasteiger partial charge on any atom is -0.363 e. The van der Waals surface area contributed by atoms with Crippen LogP contribution >= 0.6 is 22.9 Å². The third-order valence-electron chi connectivity index (χ3n) is 2.70. The second kappa shape index (κ2) is 4.54. The van der Waals surface area contributed by atoms with Crippen LogP contribution in [0.15, 0.2) is 6.07 Å². The summed E-state index contributed by atoms with van der Waals surface area (Å²) in [4.78, 5) is 13.7. The second-order valence-corrected chi connectivity index (χ2v) is 5.54. The Labute approximate surface area is 98.8 Å². The standard InChI is InChI=1S/C11H14ClNOS/c1-8(14)9-7-10(12)15-11(9)13-5-3-2-4-6-13/h7H,2-6H2,1H3. The van der Waals surface area contributed by atoms with Gasteiger partial charge in [-0.1, -0.05) is 11.6 Å². The Kier molecular flexibility index (Phi) is 3.32. The van der Waals surface area contributed by atoms with E-state index in [0.29, 0.717) is 4.34 Å². The summed E-state index contributed by atoms with van der Waals surface area (Å²) in [6, 6.07) is 1.79. The molecule has 4 heteroatoms. The average Bonchev–Trinajstić information content (AvgIpc) is 2.62. The molecule has 1 aliphatic rings. The smallest absolute Gasteiger partial charge is 0.162 e. The van der Waals surface area contributed by atoms with E-state index in [-0.39, 0.29) is 5.78 Å². The molecular weight excluding hydrogens is 230 g/mol. The molecule has 82 valence electrons. The molecule has 1 aromatic rings. The van der Waals surface area contributed by atoms with Crippen molar-refractivity contribution in [3.05, 3.63) is 16.0 Å². The monoisotopic (exact) mass is 243 g/mol. The maximum atomic E-state index is 11.4. The molecule has 0 bridgehead atoms. The van der Waals surface area contributed by atoms with Gasteiger partial charge in [-0.05, 0) is 32.3 Å². The normalized spacial score (nSPS) is 16.8. The Balaban J connectivity index is 2.28. The predicted molar refractivity (Wildman–Crippen MR) is 65.4 cm³/mol. The maximum Gasteiger partial charge on any atom is 0.162 e. The van der Waals surface area contributed by atoms with E-state index >= 15 is 0 Å². The number of thiophene rings is 1.